The second-order valence-corrected chi connectivity index (χ2v) is 3.38. The van der Waals surface area contributed by atoms with Crippen LogP contribution in [0.15, 0.2) is 5.18 Å². The summed E-state index contributed by atoms with van der Waals surface area (Å²) >= 11 is 0. The molecule has 0 aromatic rings. The van der Waals surface area contributed by atoms with Crippen LogP contribution in [-0.4, -0.2) is 6.04 Å². The quantitative estimate of drug-likeness (QED) is 0.408. The van der Waals surface area contributed by atoms with Crippen LogP contribution in [0.1, 0.15) is 39.0 Å². The second-order valence-electron chi connectivity index (χ2n) is 3.38. The molecule has 0 radical (unpaired) electrons. The summed E-state index contributed by atoms with van der Waals surface area (Å²) in [7, 11) is 0. The largest absolute Gasteiger partial charge is 0.151 e. The van der Waals surface area contributed by atoms with E-state index >= 15 is 0 Å². The van der Waals surface area contributed by atoms with E-state index in [-0.39, 0.29) is 6.04 Å². The fraction of sp³-hybridized carbons (Fsp3) is 1.00. The molecule has 1 aliphatic carbocycles. The fourth-order valence-corrected chi connectivity index (χ4v) is 1.67. The van der Waals surface area contributed by atoms with Gasteiger partial charge in [-0.25, -0.2) is 0 Å². The molecule has 2 atom stereocenters. The Kier molecular flexibility index (Phi) is 2.84. The normalized spacial score (nSPS) is 34.9. The number of nitroso groups, excluding NO2 is 1. The smallest absolute Gasteiger partial charge is 0.0922 e. The van der Waals surface area contributed by atoms with E-state index < -0.39 is 0 Å². The van der Waals surface area contributed by atoms with Gasteiger partial charge in [0.1, 0.15) is 0 Å². The van der Waals surface area contributed by atoms with Crippen molar-refractivity contribution in [1.29, 1.82) is 0 Å². The zero-order chi connectivity index (χ0) is 7.40. The molecule has 0 heterocycles. The van der Waals surface area contributed by atoms with Crippen LogP contribution in [0.4, 0.5) is 0 Å². The molecule has 1 fully saturated rings. The fourth-order valence-electron chi connectivity index (χ4n) is 1.67. The minimum atomic E-state index is 0.123. The zero-order valence-electron chi connectivity index (χ0n) is 6.55. The number of hydrogen-bond acceptors (Lipinski definition) is 2. The highest BCUT2D eigenvalue weighted by molar-refractivity contribution is 4.72. The van der Waals surface area contributed by atoms with Gasteiger partial charge in [-0.15, -0.1) is 0 Å². The maximum absolute atomic E-state index is 10.2. The summed E-state index contributed by atoms with van der Waals surface area (Å²) in [6.45, 7) is 2.21. The summed E-state index contributed by atoms with van der Waals surface area (Å²) in [4.78, 5) is 10.2. The van der Waals surface area contributed by atoms with Crippen LogP contribution in [0.2, 0.25) is 0 Å². The van der Waals surface area contributed by atoms with Crippen molar-refractivity contribution in [1.82, 2.24) is 0 Å². The van der Waals surface area contributed by atoms with E-state index in [0.29, 0.717) is 5.92 Å². The van der Waals surface area contributed by atoms with Gasteiger partial charge >= 0.3 is 0 Å². The summed E-state index contributed by atoms with van der Waals surface area (Å²) in [5.41, 5.74) is 0. The van der Waals surface area contributed by atoms with Gasteiger partial charge in [0.05, 0.1) is 6.04 Å². The third-order valence-corrected chi connectivity index (χ3v) is 2.31. The maximum Gasteiger partial charge on any atom is 0.0922 e. The summed E-state index contributed by atoms with van der Waals surface area (Å²) in [5.74, 6) is 0.713. The van der Waals surface area contributed by atoms with Crippen molar-refractivity contribution in [2.24, 2.45) is 11.1 Å². The molecule has 1 aliphatic rings. The van der Waals surface area contributed by atoms with E-state index in [1.165, 1.54) is 19.3 Å². The number of hydrogen-bond donors (Lipinski definition) is 0. The van der Waals surface area contributed by atoms with E-state index in [9.17, 15) is 4.91 Å². The van der Waals surface area contributed by atoms with Crippen LogP contribution in [0.5, 0.6) is 0 Å². The van der Waals surface area contributed by atoms with E-state index in [2.05, 4.69) is 12.1 Å². The molecule has 0 amide bonds. The molecule has 0 aromatic heterocycles. The van der Waals surface area contributed by atoms with Gasteiger partial charge in [-0.1, -0.05) is 31.4 Å². The molecule has 10 heavy (non-hydrogen) atoms. The average molecular weight is 141 g/mol. The van der Waals surface area contributed by atoms with Crippen molar-refractivity contribution in [2.75, 3.05) is 0 Å². The van der Waals surface area contributed by atoms with Crippen molar-refractivity contribution in [3.63, 3.8) is 0 Å². The van der Waals surface area contributed by atoms with Crippen molar-refractivity contribution in [3.8, 4) is 0 Å². The highest BCUT2D eigenvalue weighted by atomic mass is 16.3. The zero-order valence-corrected chi connectivity index (χ0v) is 6.55. The molecular weight excluding hydrogens is 126 g/mol. The first kappa shape index (κ1) is 7.70. The SMILES string of the molecule is CC1CCCCC(N=O)C1. The van der Waals surface area contributed by atoms with Crippen LogP contribution in [0.25, 0.3) is 0 Å². The molecule has 58 valence electrons. The number of rotatable bonds is 1. The molecule has 2 unspecified atom stereocenters. The summed E-state index contributed by atoms with van der Waals surface area (Å²) in [6.07, 6.45) is 5.80. The van der Waals surface area contributed by atoms with Gasteiger partial charge in [-0.05, 0) is 18.8 Å². The lowest BCUT2D eigenvalue weighted by molar-refractivity contribution is 0.469. The monoisotopic (exact) mass is 141 g/mol. The Morgan fingerprint density at radius 3 is 2.70 bits per heavy atom. The molecule has 0 spiro atoms. The van der Waals surface area contributed by atoms with Crippen molar-refractivity contribution >= 4 is 0 Å². The van der Waals surface area contributed by atoms with Crippen molar-refractivity contribution in [3.05, 3.63) is 4.91 Å². The van der Waals surface area contributed by atoms with Crippen molar-refractivity contribution in [2.45, 2.75) is 45.1 Å². The molecule has 0 N–H and O–H groups in total. The molecule has 0 aliphatic heterocycles. The Morgan fingerprint density at radius 1 is 1.30 bits per heavy atom. The summed E-state index contributed by atoms with van der Waals surface area (Å²) in [6, 6.07) is 0.123. The maximum atomic E-state index is 10.2. The van der Waals surface area contributed by atoms with Crippen LogP contribution < -0.4 is 0 Å². The third-order valence-electron chi connectivity index (χ3n) is 2.31. The summed E-state index contributed by atoms with van der Waals surface area (Å²) in [5, 5.41) is 3.11. The standard InChI is InChI=1S/C8H15NO/c1-7-4-2-3-5-8(6-7)9-10/h7-8H,2-6H2,1H3. The molecule has 2 nitrogen and oxygen atoms in total. The molecule has 0 saturated heterocycles. The first-order valence-electron chi connectivity index (χ1n) is 4.15. The molecule has 0 bridgehead atoms. The van der Waals surface area contributed by atoms with Crippen LogP contribution in [0, 0.1) is 10.8 Å². The molecule has 1 rings (SSSR count). The van der Waals surface area contributed by atoms with E-state index in [4.69, 9.17) is 0 Å². The highest BCUT2D eigenvalue weighted by Gasteiger charge is 2.16. The topological polar surface area (TPSA) is 29.4 Å². The Hall–Kier alpha value is -0.400. The Balaban J connectivity index is 2.37. The van der Waals surface area contributed by atoms with Crippen LogP contribution in [0.3, 0.4) is 0 Å². The van der Waals surface area contributed by atoms with Gasteiger partial charge in [0, 0.05) is 0 Å². The van der Waals surface area contributed by atoms with E-state index in [1.807, 2.05) is 0 Å². The second kappa shape index (κ2) is 3.69. The Morgan fingerprint density at radius 2 is 2.00 bits per heavy atom. The van der Waals surface area contributed by atoms with Gasteiger partial charge in [-0.2, -0.15) is 4.91 Å². The molecule has 2 heteroatoms. The van der Waals surface area contributed by atoms with Crippen molar-refractivity contribution < 1.29 is 0 Å². The Labute approximate surface area is 62.0 Å². The van der Waals surface area contributed by atoms with Crippen LogP contribution in [-0.2, 0) is 0 Å². The minimum Gasteiger partial charge on any atom is -0.151 e. The lowest BCUT2D eigenvalue weighted by Gasteiger charge is -2.07. The average Bonchev–Trinajstić information content (AvgIpc) is 2.13. The van der Waals surface area contributed by atoms with Gasteiger partial charge < -0.3 is 0 Å². The predicted molar refractivity (Wildman–Crippen MR) is 41.8 cm³/mol. The lowest BCUT2D eigenvalue weighted by atomic mass is 10.0. The van der Waals surface area contributed by atoms with Gasteiger partial charge in [0.15, 0.2) is 0 Å². The molecule has 0 aromatic carbocycles. The third kappa shape index (κ3) is 2.09. The van der Waals surface area contributed by atoms with Gasteiger partial charge in [0.2, 0.25) is 0 Å². The minimum absolute atomic E-state index is 0.123. The first-order valence-corrected chi connectivity index (χ1v) is 4.15. The number of nitrogens with zero attached hydrogens (tertiary/aromatic N) is 1. The Bertz CT molecular complexity index is 114. The highest BCUT2D eigenvalue weighted by Crippen LogP contribution is 2.24. The van der Waals surface area contributed by atoms with E-state index in [1.54, 1.807) is 0 Å². The van der Waals surface area contributed by atoms with Gasteiger partial charge in [0.25, 0.3) is 0 Å². The summed E-state index contributed by atoms with van der Waals surface area (Å²) < 4.78 is 0. The lowest BCUT2D eigenvalue weighted by Crippen LogP contribution is -2.05. The van der Waals surface area contributed by atoms with Crippen LogP contribution >= 0.6 is 0 Å². The van der Waals surface area contributed by atoms with Gasteiger partial charge in [-0.3, -0.25) is 0 Å². The van der Waals surface area contributed by atoms with E-state index in [0.717, 1.165) is 12.8 Å². The predicted octanol–water partition coefficient (Wildman–Crippen LogP) is 2.72. The molecular formula is C8H15NO. The first-order chi connectivity index (χ1) is 4.83. The molecule has 1 saturated carbocycles.